The van der Waals surface area contributed by atoms with E-state index in [2.05, 4.69) is 10.3 Å². The van der Waals surface area contributed by atoms with Gasteiger partial charge in [0.05, 0.1) is 10.3 Å². The minimum atomic E-state index is -3.24. The number of hydrogen-bond acceptors (Lipinski definition) is 4. The lowest BCUT2D eigenvalue weighted by Crippen LogP contribution is -2.33. The molecule has 4 rings (SSSR count). The summed E-state index contributed by atoms with van der Waals surface area (Å²) < 4.78 is 23.3. The molecule has 0 spiro atoms. The van der Waals surface area contributed by atoms with Crippen LogP contribution in [0.25, 0.3) is 11.1 Å². The monoisotopic (exact) mass is 392 g/mol. The lowest BCUT2D eigenvalue weighted by atomic mass is 9.77. The molecule has 1 atom stereocenters. The fraction of sp³-hybridized carbons (Fsp3) is 0.182. The number of pyridine rings is 1. The molecule has 1 N–H and O–H groups in total. The number of carbonyl (C=O) groups is 1. The quantitative estimate of drug-likeness (QED) is 0.736. The lowest BCUT2D eigenvalue weighted by Gasteiger charge is -2.23. The summed E-state index contributed by atoms with van der Waals surface area (Å²) >= 11 is 0. The summed E-state index contributed by atoms with van der Waals surface area (Å²) in [5.41, 5.74) is 3.91. The smallest absolute Gasteiger partial charge is 0.235 e. The van der Waals surface area contributed by atoms with Crippen molar-refractivity contribution >= 4 is 21.4 Å². The van der Waals surface area contributed by atoms with Gasteiger partial charge in [0.1, 0.15) is 0 Å². The molecule has 1 aliphatic heterocycles. The van der Waals surface area contributed by atoms with Gasteiger partial charge in [-0.3, -0.25) is 9.78 Å². The van der Waals surface area contributed by atoms with E-state index in [1.165, 1.54) is 6.26 Å². The Morgan fingerprint density at radius 2 is 1.79 bits per heavy atom. The molecule has 5 nitrogen and oxygen atoms in total. The Labute approximate surface area is 164 Å². The van der Waals surface area contributed by atoms with Crippen LogP contribution in [-0.2, 0) is 26.5 Å². The molecule has 0 aliphatic carbocycles. The predicted molar refractivity (Wildman–Crippen MR) is 109 cm³/mol. The van der Waals surface area contributed by atoms with Gasteiger partial charge in [-0.1, -0.05) is 24.3 Å². The zero-order valence-electron chi connectivity index (χ0n) is 15.6. The first-order valence-corrected chi connectivity index (χ1v) is 10.8. The third-order valence-electron chi connectivity index (χ3n) is 5.27. The third kappa shape index (κ3) is 3.20. The number of rotatable bonds is 4. The van der Waals surface area contributed by atoms with Gasteiger partial charge in [-0.25, -0.2) is 8.42 Å². The van der Waals surface area contributed by atoms with Crippen molar-refractivity contribution in [3.63, 3.8) is 0 Å². The molecular weight excluding hydrogens is 372 g/mol. The van der Waals surface area contributed by atoms with E-state index in [1.54, 1.807) is 36.7 Å². The van der Waals surface area contributed by atoms with E-state index in [1.807, 2.05) is 37.3 Å². The summed E-state index contributed by atoms with van der Waals surface area (Å²) in [6, 6.07) is 16.5. The van der Waals surface area contributed by atoms with Gasteiger partial charge in [0, 0.05) is 24.3 Å². The van der Waals surface area contributed by atoms with Crippen LogP contribution in [-0.4, -0.2) is 25.6 Å². The number of nitrogens with zero attached hydrogens (tertiary/aromatic N) is 1. The van der Waals surface area contributed by atoms with E-state index in [0.717, 1.165) is 27.9 Å². The Morgan fingerprint density at radius 3 is 2.43 bits per heavy atom. The Morgan fingerprint density at radius 1 is 1.04 bits per heavy atom. The second-order valence-electron chi connectivity index (χ2n) is 7.38. The number of benzene rings is 2. The minimum absolute atomic E-state index is 0.0574. The van der Waals surface area contributed by atoms with Gasteiger partial charge in [0.25, 0.3) is 0 Å². The molecule has 0 fully saturated rings. The van der Waals surface area contributed by atoms with E-state index >= 15 is 0 Å². The zero-order chi connectivity index (χ0) is 19.9. The van der Waals surface area contributed by atoms with Crippen molar-refractivity contribution in [2.75, 3.05) is 11.6 Å². The topological polar surface area (TPSA) is 76.1 Å². The van der Waals surface area contributed by atoms with E-state index in [9.17, 15) is 13.2 Å². The molecule has 0 radical (unpaired) electrons. The van der Waals surface area contributed by atoms with Gasteiger partial charge in [0.2, 0.25) is 5.91 Å². The molecule has 0 saturated carbocycles. The van der Waals surface area contributed by atoms with Crippen molar-refractivity contribution < 1.29 is 13.2 Å². The van der Waals surface area contributed by atoms with E-state index in [0.29, 0.717) is 6.42 Å². The summed E-state index contributed by atoms with van der Waals surface area (Å²) in [5, 5.41) is 2.97. The van der Waals surface area contributed by atoms with Gasteiger partial charge in [-0.15, -0.1) is 0 Å². The zero-order valence-corrected chi connectivity index (χ0v) is 16.5. The number of aromatic nitrogens is 1. The van der Waals surface area contributed by atoms with Crippen LogP contribution in [0.3, 0.4) is 0 Å². The molecule has 2 heterocycles. The number of anilines is 1. The molecule has 2 aromatic carbocycles. The first-order chi connectivity index (χ1) is 13.3. The first-order valence-electron chi connectivity index (χ1n) is 8.93. The molecule has 142 valence electrons. The standard InChI is InChI=1S/C22H20N2O3S/c1-22(13-15-5-8-18(9-6-15)28(2,26)27)19-12-16(17-4-3-11-23-14-17)7-10-20(19)24-21(22)25/h3-12,14H,13H2,1-2H3,(H,24,25). The van der Waals surface area contributed by atoms with Crippen molar-refractivity contribution in [3.8, 4) is 11.1 Å². The number of amides is 1. The van der Waals surface area contributed by atoms with E-state index in [-0.39, 0.29) is 10.8 Å². The van der Waals surface area contributed by atoms with Gasteiger partial charge < -0.3 is 5.32 Å². The fourth-order valence-electron chi connectivity index (χ4n) is 3.64. The third-order valence-corrected chi connectivity index (χ3v) is 6.40. The van der Waals surface area contributed by atoms with E-state index in [4.69, 9.17) is 0 Å². The Kier molecular flexibility index (Phi) is 4.31. The second-order valence-corrected chi connectivity index (χ2v) is 9.40. The highest BCUT2D eigenvalue weighted by Gasteiger charge is 2.42. The summed E-state index contributed by atoms with van der Waals surface area (Å²) in [7, 11) is -3.24. The lowest BCUT2D eigenvalue weighted by molar-refractivity contribution is -0.120. The molecule has 0 bridgehead atoms. The van der Waals surface area contributed by atoms with Crippen molar-refractivity contribution in [2.24, 2.45) is 0 Å². The first kappa shape index (κ1) is 18.4. The van der Waals surface area contributed by atoms with Crippen LogP contribution in [0.15, 0.2) is 71.9 Å². The number of carbonyl (C=O) groups excluding carboxylic acids is 1. The Hall–Kier alpha value is -2.99. The van der Waals surface area contributed by atoms with Crippen LogP contribution in [0.1, 0.15) is 18.1 Å². The number of hydrogen-bond donors (Lipinski definition) is 1. The molecule has 28 heavy (non-hydrogen) atoms. The van der Waals surface area contributed by atoms with Gasteiger partial charge in [-0.05, 0) is 65.9 Å². The minimum Gasteiger partial charge on any atom is -0.325 e. The average Bonchev–Trinajstić information content (AvgIpc) is 2.92. The maximum absolute atomic E-state index is 12.8. The van der Waals surface area contributed by atoms with Crippen LogP contribution < -0.4 is 5.32 Å². The highest BCUT2D eigenvalue weighted by atomic mass is 32.2. The summed E-state index contributed by atoms with van der Waals surface area (Å²) in [5.74, 6) is -0.0574. The van der Waals surface area contributed by atoms with Gasteiger partial charge in [-0.2, -0.15) is 0 Å². The largest absolute Gasteiger partial charge is 0.325 e. The number of sulfone groups is 1. The average molecular weight is 392 g/mol. The molecule has 1 aliphatic rings. The van der Waals surface area contributed by atoms with Crippen LogP contribution in [0.5, 0.6) is 0 Å². The van der Waals surface area contributed by atoms with Crippen LogP contribution in [0.4, 0.5) is 5.69 Å². The molecule has 6 heteroatoms. The number of fused-ring (bicyclic) bond motifs is 1. The second kappa shape index (κ2) is 6.56. The molecule has 1 aromatic heterocycles. The highest BCUT2D eigenvalue weighted by molar-refractivity contribution is 7.90. The van der Waals surface area contributed by atoms with Gasteiger partial charge in [0.15, 0.2) is 9.84 Å². The maximum atomic E-state index is 12.8. The van der Waals surface area contributed by atoms with Crippen molar-refractivity contribution in [1.29, 1.82) is 0 Å². The molecule has 3 aromatic rings. The maximum Gasteiger partial charge on any atom is 0.235 e. The van der Waals surface area contributed by atoms with Crippen LogP contribution in [0, 0.1) is 0 Å². The van der Waals surface area contributed by atoms with E-state index < -0.39 is 15.3 Å². The molecule has 1 unspecified atom stereocenters. The highest BCUT2D eigenvalue weighted by Crippen LogP contribution is 2.42. The van der Waals surface area contributed by atoms with Crippen LogP contribution in [0.2, 0.25) is 0 Å². The van der Waals surface area contributed by atoms with Crippen LogP contribution >= 0.6 is 0 Å². The SMILES string of the molecule is CC1(Cc2ccc(S(C)(=O)=O)cc2)C(=O)Nc2ccc(-c3cccnc3)cc21. The summed E-state index contributed by atoms with van der Waals surface area (Å²) in [4.78, 5) is 17.3. The normalized spacial score (nSPS) is 18.6. The van der Waals surface area contributed by atoms with Gasteiger partial charge >= 0.3 is 0 Å². The number of nitrogens with one attached hydrogen (secondary N) is 1. The fourth-order valence-corrected chi connectivity index (χ4v) is 4.27. The summed E-state index contributed by atoms with van der Waals surface area (Å²) in [6.07, 6.45) is 5.19. The van der Waals surface area contributed by atoms with Crippen molar-refractivity contribution in [3.05, 3.63) is 78.1 Å². The van der Waals surface area contributed by atoms with Crippen molar-refractivity contribution in [1.82, 2.24) is 4.98 Å². The molecule has 0 saturated heterocycles. The molecule has 1 amide bonds. The Balaban J connectivity index is 1.71. The predicted octanol–water partition coefficient (Wildman–Crippen LogP) is 3.60. The summed E-state index contributed by atoms with van der Waals surface area (Å²) in [6.45, 7) is 1.92. The van der Waals surface area contributed by atoms with Crippen molar-refractivity contribution in [2.45, 2.75) is 23.7 Å². The molecular formula is C22H20N2O3S. The Bertz CT molecular complexity index is 1160.